The van der Waals surface area contributed by atoms with Gasteiger partial charge in [0.2, 0.25) is 0 Å². The summed E-state index contributed by atoms with van der Waals surface area (Å²) in [7, 11) is 3.44. The lowest BCUT2D eigenvalue weighted by Crippen LogP contribution is -2.38. The monoisotopic (exact) mass is 237 g/mol. The maximum atomic E-state index is 5.35. The van der Waals surface area contributed by atoms with E-state index in [-0.39, 0.29) is 0 Å². The summed E-state index contributed by atoms with van der Waals surface area (Å²) >= 11 is 0. The molecule has 0 aliphatic rings. The molecule has 0 saturated heterocycles. The molecule has 0 aliphatic carbocycles. The Kier molecular flexibility index (Phi) is 6.01. The smallest absolute Gasteiger partial charge is 0.122 e. The number of hydrogen-bond acceptors (Lipinski definition) is 3. The summed E-state index contributed by atoms with van der Waals surface area (Å²) in [5, 5.41) is 3.50. The van der Waals surface area contributed by atoms with E-state index in [1.807, 2.05) is 18.2 Å². The Labute approximate surface area is 104 Å². The zero-order valence-corrected chi connectivity index (χ0v) is 11.2. The second-order valence-electron chi connectivity index (χ2n) is 4.44. The Morgan fingerprint density at radius 1 is 1.12 bits per heavy atom. The van der Waals surface area contributed by atoms with Gasteiger partial charge in [-0.05, 0) is 31.9 Å². The predicted octanol–water partition coefficient (Wildman–Crippen LogP) is 2.25. The van der Waals surface area contributed by atoms with Crippen molar-refractivity contribution in [2.45, 2.75) is 32.4 Å². The van der Waals surface area contributed by atoms with E-state index >= 15 is 0 Å². The molecule has 0 fully saturated rings. The van der Waals surface area contributed by atoms with Gasteiger partial charge in [-0.1, -0.05) is 18.2 Å². The van der Waals surface area contributed by atoms with Crippen LogP contribution < -0.4 is 10.1 Å². The molecule has 0 spiro atoms. The van der Waals surface area contributed by atoms with Crippen molar-refractivity contribution < 1.29 is 9.47 Å². The molecule has 1 N–H and O–H groups in total. The van der Waals surface area contributed by atoms with Gasteiger partial charge in [-0.2, -0.15) is 0 Å². The van der Waals surface area contributed by atoms with Crippen molar-refractivity contribution in [3.63, 3.8) is 0 Å². The third kappa shape index (κ3) is 4.75. The van der Waals surface area contributed by atoms with Crippen molar-refractivity contribution in [2.75, 3.05) is 20.8 Å². The molecule has 1 rings (SSSR count). The fraction of sp³-hybridized carbons (Fsp3) is 0.571. The molecule has 0 heterocycles. The summed E-state index contributed by atoms with van der Waals surface area (Å²) in [5.41, 5.74) is 1.24. The van der Waals surface area contributed by atoms with Crippen LogP contribution in [0.1, 0.15) is 19.4 Å². The van der Waals surface area contributed by atoms with Gasteiger partial charge in [0.15, 0.2) is 0 Å². The third-order valence-corrected chi connectivity index (χ3v) is 2.70. The van der Waals surface area contributed by atoms with Gasteiger partial charge < -0.3 is 14.8 Å². The van der Waals surface area contributed by atoms with E-state index in [1.54, 1.807) is 14.2 Å². The first-order chi connectivity index (χ1) is 8.17. The Balaban J connectivity index is 2.52. The minimum absolute atomic E-state index is 0.365. The van der Waals surface area contributed by atoms with Crippen molar-refractivity contribution in [3.8, 4) is 5.75 Å². The van der Waals surface area contributed by atoms with Crippen molar-refractivity contribution in [1.29, 1.82) is 0 Å². The summed E-state index contributed by atoms with van der Waals surface area (Å²) in [5.74, 6) is 0.959. The van der Waals surface area contributed by atoms with E-state index in [2.05, 4.69) is 25.2 Å². The molecule has 96 valence electrons. The third-order valence-electron chi connectivity index (χ3n) is 2.70. The zero-order chi connectivity index (χ0) is 12.7. The lowest BCUT2D eigenvalue weighted by molar-refractivity contribution is 0.167. The fourth-order valence-corrected chi connectivity index (χ4v) is 2.04. The molecule has 0 amide bonds. The van der Waals surface area contributed by atoms with Gasteiger partial charge in [0, 0.05) is 19.2 Å². The molecular formula is C14H23NO2. The van der Waals surface area contributed by atoms with E-state index in [0.29, 0.717) is 12.1 Å². The van der Waals surface area contributed by atoms with Gasteiger partial charge in [-0.15, -0.1) is 0 Å². The molecule has 1 aromatic rings. The SMILES string of the molecule is COC[C@H](C)N[C@H](C)Cc1ccccc1OC. The molecule has 0 bridgehead atoms. The van der Waals surface area contributed by atoms with Gasteiger partial charge in [0.1, 0.15) is 5.75 Å². The van der Waals surface area contributed by atoms with Crippen LogP contribution in [0.15, 0.2) is 24.3 Å². The number of hydrogen-bond donors (Lipinski definition) is 1. The highest BCUT2D eigenvalue weighted by molar-refractivity contribution is 5.33. The predicted molar refractivity (Wildman–Crippen MR) is 70.6 cm³/mol. The summed E-state index contributed by atoms with van der Waals surface area (Å²) in [6, 6.07) is 8.91. The standard InChI is InChI=1S/C14H23NO2/c1-11(15-12(2)10-16-3)9-13-7-5-6-8-14(13)17-4/h5-8,11-12,15H,9-10H2,1-4H3/t11-,12+/m1/s1. The van der Waals surface area contributed by atoms with Crippen molar-refractivity contribution in [2.24, 2.45) is 0 Å². The van der Waals surface area contributed by atoms with E-state index in [0.717, 1.165) is 18.8 Å². The van der Waals surface area contributed by atoms with Gasteiger partial charge in [-0.3, -0.25) is 0 Å². The number of benzene rings is 1. The minimum atomic E-state index is 0.365. The topological polar surface area (TPSA) is 30.5 Å². The van der Waals surface area contributed by atoms with Crippen LogP contribution in [-0.2, 0) is 11.2 Å². The van der Waals surface area contributed by atoms with Crippen molar-refractivity contribution >= 4 is 0 Å². The molecule has 3 nitrogen and oxygen atoms in total. The fourth-order valence-electron chi connectivity index (χ4n) is 2.04. The van der Waals surface area contributed by atoms with Gasteiger partial charge in [-0.25, -0.2) is 0 Å². The van der Waals surface area contributed by atoms with Crippen LogP contribution >= 0.6 is 0 Å². The van der Waals surface area contributed by atoms with E-state index in [9.17, 15) is 0 Å². The molecular weight excluding hydrogens is 214 g/mol. The largest absolute Gasteiger partial charge is 0.496 e. The maximum absolute atomic E-state index is 5.35. The van der Waals surface area contributed by atoms with Crippen molar-refractivity contribution in [1.82, 2.24) is 5.32 Å². The van der Waals surface area contributed by atoms with Crippen LogP contribution in [0.25, 0.3) is 0 Å². The number of nitrogens with one attached hydrogen (secondary N) is 1. The van der Waals surface area contributed by atoms with Crippen LogP contribution in [-0.4, -0.2) is 32.9 Å². The normalized spacial score (nSPS) is 14.4. The highest BCUT2D eigenvalue weighted by atomic mass is 16.5. The van der Waals surface area contributed by atoms with Gasteiger partial charge in [0.05, 0.1) is 13.7 Å². The van der Waals surface area contributed by atoms with Crippen molar-refractivity contribution in [3.05, 3.63) is 29.8 Å². The Morgan fingerprint density at radius 2 is 1.82 bits per heavy atom. The van der Waals surface area contributed by atoms with E-state index in [4.69, 9.17) is 9.47 Å². The number of ether oxygens (including phenoxy) is 2. The molecule has 0 aliphatic heterocycles. The summed E-state index contributed by atoms with van der Waals surface area (Å²) in [6.45, 7) is 5.04. The number of para-hydroxylation sites is 1. The number of methoxy groups -OCH3 is 2. The second kappa shape index (κ2) is 7.30. The van der Waals surface area contributed by atoms with E-state index in [1.165, 1.54) is 5.56 Å². The Hall–Kier alpha value is -1.06. The van der Waals surface area contributed by atoms with Gasteiger partial charge in [0.25, 0.3) is 0 Å². The quantitative estimate of drug-likeness (QED) is 0.789. The lowest BCUT2D eigenvalue weighted by Gasteiger charge is -2.20. The summed E-state index contributed by atoms with van der Waals surface area (Å²) in [6.07, 6.45) is 0.956. The van der Waals surface area contributed by atoms with Gasteiger partial charge >= 0.3 is 0 Å². The minimum Gasteiger partial charge on any atom is -0.496 e. The molecule has 1 aromatic carbocycles. The summed E-state index contributed by atoms with van der Waals surface area (Å²) < 4.78 is 10.5. The van der Waals surface area contributed by atoms with Crippen LogP contribution in [0.5, 0.6) is 5.75 Å². The first-order valence-corrected chi connectivity index (χ1v) is 6.04. The Bertz CT molecular complexity index is 328. The molecule has 0 aromatic heterocycles. The maximum Gasteiger partial charge on any atom is 0.122 e. The highest BCUT2D eigenvalue weighted by Crippen LogP contribution is 2.18. The first kappa shape index (κ1) is 14.0. The second-order valence-corrected chi connectivity index (χ2v) is 4.44. The molecule has 0 radical (unpaired) electrons. The first-order valence-electron chi connectivity index (χ1n) is 6.04. The molecule has 17 heavy (non-hydrogen) atoms. The lowest BCUT2D eigenvalue weighted by atomic mass is 10.1. The average Bonchev–Trinajstić information content (AvgIpc) is 2.29. The number of rotatable bonds is 7. The highest BCUT2D eigenvalue weighted by Gasteiger charge is 2.10. The van der Waals surface area contributed by atoms with Crippen LogP contribution in [0, 0.1) is 0 Å². The average molecular weight is 237 g/mol. The molecule has 2 atom stereocenters. The molecule has 0 saturated carbocycles. The van der Waals surface area contributed by atoms with Crippen LogP contribution in [0.4, 0.5) is 0 Å². The van der Waals surface area contributed by atoms with E-state index < -0.39 is 0 Å². The van der Waals surface area contributed by atoms with Crippen LogP contribution in [0.2, 0.25) is 0 Å². The zero-order valence-electron chi connectivity index (χ0n) is 11.2. The Morgan fingerprint density at radius 3 is 2.47 bits per heavy atom. The molecule has 0 unspecified atom stereocenters. The summed E-state index contributed by atoms with van der Waals surface area (Å²) in [4.78, 5) is 0. The van der Waals surface area contributed by atoms with Crippen LogP contribution in [0.3, 0.4) is 0 Å². The molecule has 3 heteroatoms.